The first-order valence-electron chi connectivity index (χ1n) is 8.24. The van der Waals surface area contributed by atoms with Gasteiger partial charge in [-0.05, 0) is 17.7 Å². The molecule has 1 aromatic carbocycles. The molecule has 12 heteroatoms. The molecule has 1 aliphatic rings. The van der Waals surface area contributed by atoms with Crippen molar-refractivity contribution in [2.75, 3.05) is 18.0 Å². The van der Waals surface area contributed by atoms with Crippen LogP contribution in [0.1, 0.15) is 15.9 Å². The molecule has 1 saturated heterocycles. The van der Waals surface area contributed by atoms with Crippen LogP contribution < -0.4 is 10.2 Å². The predicted molar refractivity (Wildman–Crippen MR) is 95.5 cm³/mol. The summed E-state index contributed by atoms with van der Waals surface area (Å²) in [7, 11) is 0. The Kier molecular flexibility index (Phi) is 5.25. The van der Waals surface area contributed by atoms with E-state index < -0.39 is 41.0 Å². The number of rotatable bonds is 5. The van der Waals surface area contributed by atoms with Gasteiger partial charge in [-0.25, -0.2) is 19.4 Å². The summed E-state index contributed by atoms with van der Waals surface area (Å²) in [6, 6.07) is 2.58. The van der Waals surface area contributed by atoms with Crippen molar-refractivity contribution in [3.05, 3.63) is 58.0 Å². The zero-order chi connectivity index (χ0) is 21.1. The van der Waals surface area contributed by atoms with Gasteiger partial charge in [0.2, 0.25) is 0 Å². The molecular formula is C17H14N4O8. The number of amides is 5. The summed E-state index contributed by atoms with van der Waals surface area (Å²) >= 11 is 0. The number of benzene rings is 1. The number of aliphatic carboxylic acids is 1. The van der Waals surface area contributed by atoms with Crippen LogP contribution in [0, 0.1) is 10.1 Å². The highest BCUT2D eigenvalue weighted by Gasteiger charge is 2.37. The van der Waals surface area contributed by atoms with E-state index in [0.29, 0.717) is 4.90 Å². The number of hydrogen-bond acceptors (Lipinski definition) is 7. The highest BCUT2D eigenvalue weighted by Crippen LogP contribution is 2.29. The molecule has 0 unspecified atom stereocenters. The van der Waals surface area contributed by atoms with Crippen LogP contribution in [0.25, 0.3) is 0 Å². The SMILES string of the molecule is O=C(O)Cc1ccc([N+](=O)[O-])cc1N(C(=O)c1ccoc1)C(=O)N1CCNC1=O. The smallest absolute Gasteiger partial charge is 0.339 e. The topological polar surface area (TPSA) is 163 Å². The minimum Gasteiger partial charge on any atom is -0.481 e. The van der Waals surface area contributed by atoms with Crippen LogP contribution in [-0.4, -0.2) is 52.0 Å². The van der Waals surface area contributed by atoms with Gasteiger partial charge in [0.15, 0.2) is 0 Å². The third kappa shape index (κ3) is 3.90. The maximum atomic E-state index is 13.0. The molecule has 12 nitrogen and oxygen atoms in total. The Morgan fingerprint density at radius 2 is 2.07 bits per heavy atom. The van der Waals surface area contributed by atoms with Gasteiger partial charge in [-0.3, -0.25) is 19.7 Å². The van der Waals surface area contributed by atoms with Crippen LogP contribution in [0.5, 0.6) is 0 Å². The lowest BCUT2D eigenvalue weighted by Gasteiger charge is -2.26. The van der Waals surface area contributed by atoms with Crippen molar-refractivity contribution < 1.29 is 33.6 Å². The van der Waals surface area contributed by atoms with E-state index in [2.05, 4.69) is 5.32 Å². The molecule has 0 atom stereocenters. The van der Waals surface area contributed by atoms with Crippen molar-refractivity contribution in [2.45, 2.75) is 6.42 Å². The lowest BCUT2D eigenvalue weighted by Crippen LogP contribution is -2.48. The van der Waals surface area contributed by atoms with Crippen LogP contribution in [0.15, 0.2) is 41.2 Å². The van der Waals surface area contributed by atoms with Gasteiger partial charge in [-0.2, -0.15) is 0 Å². The third-order valence-corrected chi connectivity index (χ3v) is 4.11. The molecule has 0 saturated carbocycles. The summed E-state index contributed by atoms with van der Waals surface area (Å²) in [5.74, 6) is -2.21. The normalized spacial score (nSPS) is 13.1. The molecule has 0 radical (unpaired) electrons. The van der Waals surface area contributed by atoms with Gasteiger partial charge in [0.1, 0.15) is 6.26 Å². The molecule has 0 spiro atoms. The second-order valence-corrected chi connectivity index (χ2v) is 5.96. The van der Waals surface area contributed by atoms with E-state index in [1.54, 1.807) is 0 Å². The molecule has 5 amide bonds. The van der Waals surface area contributed by atoms with E-state index in [-0.39, 0.29) is 29.9 Å². The predicted octanol–water partition coefficient (Wildman–Crippen LogP) is 1.61. The highest BCUT2D eigenvalue weighted by atomic mass is 16.6. The number of nitro groups is 1. The number of urea groups is 2. The highest BCUT2D eigenvalue weighted by molar-refractivity contribution is 6.23. The Bertz CT molecular complexity index is 1000. The second kappa shape index (κ2) is 7.80. The van der Waals surface area contributed by atoms with Gasteiger partial charge in [0.25, 0.3) is 11.6 Å². The summed E-state index contributed by atoms with van der Waals surface area (Å²) in [4.78, 5) is 60.9. The molecule has 150 valence electrons. The first-order valence-corrected chi connectivity index (χ1v) is 8.24. The van der Waals surface area contributed by atoms with Crippen LogP contribution in [0.4, 0.5) is 21.0 Å². The number of imide groups is 2. The number of hydrogen-bond donors (Lipinski definition) is 2. The lowest BCUT2D eigenvalue weighted by molar-refractivity contribution is -0.384. The van der Waals surface area contributed by atoms with Crippen molar-refractivity contribution in [1.29, 1.82) is 0 Å². The van der Waals surface area contributed by atoms with Crippen LogP contribution >= 0.6 is 0 Å². The van der Waals surface area contributed by atoms with Crippen molar-refractivity contribution in [2.24, 2.45) is 0 Å². The summed E-state index contributed by atoms with van der Waals surface area (Å²) < 4.78 is 4.85. The Morgan fingerprint density at radius 3 is 2.62 bits per heavy atom. The van der Waals surface area contributed by atoms with Gasteiger partial charge in [-0.15, -0.1) is 0 Å². The molecule has 1 fully saturated rings. The third-order valence-electron chi connectivity index (χ3n) is 4.11. The molecule has 0 aliphatic carbocycles. The zero-order valence-corrected chi connectivity index (χ0v) is 14.7. The fraction of sp³-hybridized carbons (Fsp3) is 0.176. The van der Waals surface area contributed by atoms with E-state index in [1.165, 1.54) is 12.3 Å². The molecule has 3 rings (SSSR count). The Labute approximate surface area is 162 Å². The Balaban J connectivity index is 2.16. The average Bonchev–Trinajstić information content (AvgIpc) is 3.34. The number of carboxylic acid groups (broad SMARTS) is 1. The summed E-state index contributed by atoms with van der Waals surface area (Å²) in [5.41, 5.74) is -0.853. The van der Waals surface area contributed by atoms with Crippen molar-refractivity contribution in [3.63, 3.8) is 0 Å². The summed E-state index contributed by atoms with van der Waals surface area (Å²) in [6.45, 7) is 0.130. The number of carboxylic acids is 1. The summed E-state index contributed by atoms with van der Waals surface area (Å²) in [6.07, 6.45) is 1.63. The maximum Gasteiger partial charge on any atom is 0.339 e. The zero-order valence-electron chi connectivity index (χ0n) is 14.7. The number of non-ortho nitro benzene ring substituents is 1. The molecule has 1 aromatic heterocycles. The van der Waals surface area contributed by atoms with E-state index in [1.807, 2.05) is 0 Å². The van der Waals surface area contributed by atoms with Gasteiger partial charge in [-0.1, -0.05) is 0 Å². The number of carbonyl (C=O) groups is 4. The van der Waals surface area contributed by atoms with Gasteiger partial charge < -0.3 is 14.8 Å². The van der Waals surface area contributed by atoms with E-state index in [9.17, 15) is 29.3 Å². The van der Waals surface area contributed by atoms with E-state index in [0.717, 1.165) is 29.4 Å². The Hall–Kier alpha value is -4.22. The quantitative estimate of drug-likeness (QED) is 0.562. The van der Waals surface area contributed by atoms with Crippen LogP contribution in [0.3, 0.4) is 0 Å². The molecule has 1 aliphatic heterocycles. The Morgan fingerprint density at radius 1 is 1.31 bits per heavy atom. The number of anilines is 1. The molecule has 2 N–H and O–H groups in total. The first kappa shape index (κ1) is 19.5. The number of furan rings is 1. The molecule has 2 aromatic rings. The van der Waals surface area contributed by atoms with Crippen LogP contribution in [-0.2, 0) is 11.2 Å². The van der Waals surface area contributed by atoms with Crippen molar-refractivity contribution >= 4 is 35.3 Å². The maximum absolute atomic E-state index is 13.0. The first-order chi connectivity index (χ1) is 13.8. The second-order valence-electron chi connectivity index (χ2n) is 5.96. The molecule has 2 heterocycles. The number of nitrogens with zero attached hydrogens (tertiary/aromatic N) is 3. The van der Waals surface area contributed by atoms with Gasteiger partial charge in [0.05, 0.1) is 28.9 Å². The van der Waals surface area contributed by atoms with Crippen molar-refractivity contribution in [1.82, 2.24) is 10.2 Å². The minimum atomic E-state index is -1.28. The molecule has 29 heavy (non-hydrogen) atoms. The minimum absolute atomic E-state index is 0.0205. The fourth-order valence-electron chi connectivity index (χ4n) is 2.78. The standard InChI is InChI=1S/C17H14N4O8/c22-14(23)7-10-1-2-12(21(27)28)8-13(10)20(15(24)11-3-6-29-9-11)17(26)19-5-4-18-16(19)25/h1-3,6,8-9H,4-5,7H2,(H,18,25)(H,22,23). The average molecular weight is 402 g/mol. The van der Waals surface area contributed by atoms with Gasteiger partial charge >= 0.3 is 18.0 Å². The van der Waals surface area contributed by atoms with Crippen molar-refractivity contribution in [3.8, 4) is 0 Å². The fourth-order valence-corrected chi connectivity index (χ4v) is 2.78. The van der Waals surface area contributed by atoms with E-state index in [4.69, 9.17) is 9.52 Å². The van der Waals surface area contributed by atoms with E-state index >= 15 is 0 Å². The van der Waals surface area contributed by atoms with Crippen LogP contribution in [0.2, 0.25) is 0 Å². The number of nitrogens with one attached hydrogen (secondary N) is 1. The molecular weight excluding hydrogens is 388 g/mol. The largest absolute Gasteiger partial charge is 0.481 e. The molecule has 0 bridgehead atoms. The lowest BCUT2D eigenvalue weighted by atomic mass is 10.1. The number of nitro benzene ring substituents is 1. The van der Waals surface area contributed by atoms with Gasteiger partial charge in [0, 0.05) is 25.2 Å². The monoisotopic (exact) mass is 402 g/mol. The summed E-state index contributed by atoms with van der Waals surface area (Å²) in [5, 5.41) is 22.8. The number of carbonyl (C=O) groups excluding carboxylic acids is 3.